The third-order valence-corrected chi connectivity index (χ3v) is 3.63. The predicted molar refractivity (Wildman–Crippen MR) is 63.1 cm³/mol. The first-order valence-corrected chi connectivity index (χ1v) is 6.08. The van der Waals surface area contributed by atoms with E-state index in [1.807, 2.05) is 6.79 Å². The average Bonchev–Trinajstić information content (AvgIpc) is 2.34. The van der Waals surface area contributed by atoms with E-state index in [4.69, 9.17) is 4.79 Å². The fraction of sp³-hybridized carbons (Fsp3) is 0.917. The van der Waals surface area contributed by atoms with Gasteiger partial charge in [0, 0.05) is 32.2 Å². The van der Waals surface area contributed by atoms with Crippen LogP contribution in [0.5, 0.6) is 0 Å². The summed E-state index contributed by atoms with van der Waals surface area (Å²) in [6, 6.07) is 0.933. The number of hydrogen-bond acceptors (Lipinski definition) is 3. The highest BCUT2D eigenvalue weighted by molar-refractivity contribution is 5.10. The lowest BCUT2D eigenvalue weighted by atomic mass is 9.94. The van der Waals surface area contributed by atoms with Crippen LogP contribution in [0.1, 0.15) is 32.1 Å². The summed E-state index contributed by atoms with van der Waals surface area (Å²) in [4.78, 5) is 13.2. The molecule has 1 saturated carbocycles. The van der Waals surface area contributed by atoms with Gasteiger partial charge < -0.3 is 9.69 Å². The van der Waals surface area contributed by atoms with Crippen LogP contribution in [0.3, 0.4) is 0 Å². The van der Waals surface area contributed by atoms with E-state index in [2.05, 4.69) is 16.8 Å². The summed E-state index contributed by atoms with van der Waals surface area (Å²) in [5.74, 6) is 0. The molecule has 1 heterocycles. The van der Waals surface area contributed by atoms with E-state index in [1.165, 1.54) is 58.3 Å². The highest BCUT2D eigenvalue weighted by atomic mass is 16.1. The second-order valence-electron chi connectivity index (χ2n) is 4.63. The fourth-order valence-corrected chi connectivity index (χ4v) is 2.63. The number of carbonyl (C=O) groups excluding carboxylic acids is 1. The van der Waals surface area contributed by atoms with Crippen LogP contribution in [0.25, 0.3) is 0 Å². The van der Waals surface area contributed by atoms with Crippen molar-refractivity contribution in [2.24, 2.45) is 0 Å². The quantitative estimate of drug-likeness (QED) is 0.656. The molecule has 15 heavy (non-hydrogen) atoms. The second-order valence-corrected chi connectivity index (χ2v) is 4.63. The van der Waals surface area contributed by atoms with Gasteiger partial charge in [0.2, 0.25) is 0 Å². The third-order valence-electron chi connectivity index (χ3n) is 3.63. The normalized spacial score (nSPS) is 25.7. The minimum atomic E-state index is 0.933. The number of likely N-dealkylation sites (N-methyl/N-ethyl adjacent to an activating group) is 1. The molecular weight excluding hydrogens is 188 g/mol. The van der Waals surface area contributed by atoms with E-state index in [-0.39, 0.29) is 0 Å². The van der Waals surface area contributed by atoms with Crippen LogP contribution >= 0.6 is 0 Å². The van der Waals surface area contributed by atoms with Gasteiger partial charge >= 0.3 is 0 Å². The summed E-state index contributed by atoms with van der Waals surface area (Å²) in [5.41, 5.74) is 0. The maximum Gasteiger partial charge on any atom is 0.106 e. The molecule has 0 N–H and O–H groups in total. The number of hydrogen-bond donors (Lipinski definition) is 0. The van der Waals surface area contributed by atoms with Gasteiger partial charge in [0.15, 0.2) is 0 Å². The lowest BCUT2D eigenvalue weighted by molar-refractivity contribution is -0.0979. The Hall–Kier alpha value is -0.410. The topological polar surface area (TPSA) is 23.6 Å². The zero-order chi connectivity index (χ0) is 11.1. The Labute approximate surface area is 93.4 Å². The van der Waals surface area contributed by atoms with Gasteiger partial charge in [-0.3, -0.25) is 4.90 Å². The summed E-state index contributed by atoms with van der Waals surface area (Å²) in [6.45, 7) is 7.16. The van der Waals surface area contributed by atoms with Crippen LogP contribution in [0.2, 0.25) is 0 Å². The van der Waals surface area contributed by atoms with Crippen LogP contribution in [-0.4, -0.2) is 55.9 Å². The molecule has 3 nitrogen and oxygen atoms in total. The summed E-state index contributed by atoms with van der Waals surface area (Å²) in [7, 11) is 2.23. The second kappa shape index (κ2) is 6.96. The van der Waals surface area contributed by atoms with Gasteiger partial charge in [-0.25, -0.2) is 0 Å². The Balaban J connectivity index is 0.000000531. The Kier molecular flexibility index (Phi) is 5.88. The molecule has 1 aliphatic carbocycles. The molecule has 0 bridgehead atoms. The molecule has 0 atom stereocenters. The number of nitrogens with zero attached hydrogens (tertiary/aromatic N) is 2. The van der Waals surface area contributed by atoms with Crippen molar-refractivity contribution >= 4 is 6.79 Å². The highest BCUT2D eigenvalue weighted by Crippen LogP contribution is 2.23. The summed E-state index contributed by atoms with van der Waals surface area (Å²) < 4.78 is 0. The maximum absolute atomic E-state index is 8.00. The zero-order valence-corrected chi connectivity index (χ0v) is 9.95. The Morgan fingerprint density at radius 1 is 0.933 bits per heavy atom. The molecule has 1 saturated heterocycles. The van der Waals surface area contributed by atoms with Gasteiger partial charge in [0.25, 0.3) is 0 Å². The summed E-state index contributed by atoms with van der Waals surface area (Å²) in [6.07, 6.45) is 7.34. The van der Waals surface area contributed by atoms with E-state index in [9.17, 15) is 0 Å². The first-order valence-electron chi connectivity index (χ1n) is 6.08. The van der Waals surface area contributed by atoms with E-state index in [1.54, 1.807) is 0 Å². The van der Waals surface area contributed by atoms with E-state index < -0.39 is 0 Å². The van der Waals surface area contributed by atoms with Crippen LogP contribution in [-0.2, 0) is 4.79 Å². The number of rotatable bonds is 1. The molecule has 0 amide bonds. The molecule has 1 aliphatic heterocycles. The Morgan fingerprint density at radius 2 is 1.47 bits per heavy atom. The van der Waals surface area contributed by atoms with Gasteiger partial charge in [0.05, 0.1) is 0 Å². The van der Waals surface area contributed by atoms with Crippen molar-refractivity contribution in [3.63, 3.8) is 0 Å². The molecule has 2 fully saturated rings. The largest absolute Gasteiger partial charge is 0.307 e. The highest BCUT2D eigenvalue weighted by Gasteiger charge is 2.23. The van der Waals surface area contributed by atoms with Gasteiger partial charge in [-0.1, -0.05) is 19.3 Å². The SMILES string of the molecule is C=O.CN1CCN(C2CCCCC2)CC1. The van der Waals surface area contributed by atoms with Crippen molar-refractivity contribution < 1.29 is 4.79 Å². The monoisotopic (exact) mass is 212 g/mol. The van der Waals surface area contributed by atoms with Gasteiger partial charge in [-0.15, -0.1) is 0 Å². The molecule has 0 radical (unpaired) electrons. The van der Waals surface area contributed by atoms with E-state index in [0.29, 0.717) is 0 Å². The Morgan fingerprint density at radius 3 is 2.00 bits per heavy atom. The molecule has 0 aromatic rings. The first-order chi connectivity index (χ1) is 7.36. The van der Waals surface area contributed by atoms with Crippen LogP contribution in [0.15, 0.2) is 0 Å². The van der Waals surface area contributed by atoms with E-state index in [0.717, 1.165) is 6.04 Å². The average molecular weight is 212 g/mol. The standard InChI is InChI=1S/C11H22N2.CH2O/c1-12-7-9-13(10-8-12)11-5-3-2-4-6-11;1-2/h11H,2-10H2,1H3;1H2. The van der Waals surface area contributed by atoms with Crippen LogP contribution < -0.4 is 0 Å². The lowest BCUT2D eigenvalue weighted by Gasteiger charge is -2.39. The molecule has 0 aromatic heterocycles. The van der Waals surface area contributed by atoms with Crippen molar-refractivity contribution in [3.8, 4) is 0 Å². The van der Waals surface area contributed by atoms with Gasteiger partial charge in [0.1, 0.15) is 6.79 Å². The van der Waals surface area contributed by atoms with Crippen molar-refractivity contribution in [2.45, 2.75) is 38.1 Å². The summed E-state index contributed by atoms with van der Waals surface area (Å²) >= 11 is 0. The van der Waals surface area contributed by atoms with Crippen molar-refractivity contribution in [3.05, 3.63) is 0 Å². The molecule has 0 unspecified atom stereocenters. The van der Waals surface area contributed by atoms with E-state index >= 15 is 0 Å². The van der Waals surface area contributed by atoms with Crippen molar-refractivity contribution in [1.82, 2.24) is 9.80 Å². The first kappa shape index (κ1) is 12.7. The van der Waals surface area contributed by atoms with Crippen molar-refractivity contribution in [2.75, 3.05) is 33.2 Å². The Bertz CT molecular complexity index is 161. The van der Waals surface area contributed by atoms with Crippen molar-refractivity contribution in [1.29, 1.82) is 0 Å². The minimum Gasteiger partial charge on any atom is -0.307 e. The predicted octanol–water partition coefficient (Wildman–Crippen LogP) is 1.38. The molecule has 88 valence electrons. The van der Waals surface area contributed by atoms with Crippen LogP contribution in [0, 0.1) is 0 Å². The smallest absolute Gasteiger partial charge is 0.106 e. The lowest BCUT2D eigenvalue weighted by Crippen LogP contribution is -2.49. The molecule has 2 aliphatic rings. The maximum atomic E-state index is 8.00. The minimum absolute atomic E-state index is 0.933. The fourth-order valence-electron chi connectivity index (χ4n) is 2.63. The van der Waals surface area contributed by atoms with Gasteiger partial charge in [-0.05, 0) is 19.9 Å². The molecule has 0 spiro atoms. The number of carbonyl (C=O) groups is 1. The molecule has 2 rings (SSSR count). The number of piperazine rings is 1. The van der Waals surface area contributed by atoms with Crippen LogP contribution in [0.4, 0.5) is 0 Å². The third kappa shape index (κ3) is 3.92. The molecular formula is C12H24N2O. The molecule has 0 aromatic carbocycles. The summed E-state index contributed by atoms with van der Waals surface area (Å²) in [5, 5.41) is 0. The van der Waals surface area contributed by atoms with Gasteiger partial charge in [-0.2, -0.15) is 0 Å². The zero-order valence-electron chi connectivity index (χ0n) is 9.95. The molecule has 3 heteroatoms.